The molecule has 1 N–H and O–H groups in total. The molecule has 0 radical (unpaired) electrons. The molecule has 7 heteroatoms. The Morgan fingerprint density at radius 1 is 1.16 bits per heavy atom. The lowest BCUT2D eigenvalue weighted by molar-refractivity contribution is -0.121. The lowest BCUT2D eigenvalue weighted by atomic mass is 10.1. The minimum Gasteiger partial charge on any atom is -0.352 e. The molecule has 0 aromatic heterocycles. The number of carbonyl (C=O) groups is 1. The maximum absolute atomic E-state index is 12.1. The van der Waals surface area contributed by atoms with Gasteiger partial charge in [-0.2, -0.15) is 0 Å². The van der Waals surface area contributed by atoms with Gasteiger partial charge in [0.15, 0.2) is 0 Å². The van der Waals surface area contributed by atoms with Crippen LogP contribution in [-0.4, -0.2) is 27.1 Å². The smallest absolute Gasteiger partial charge is 0.232 e. The molecule has 0 fully saturated rings. The van der Waals surface area contributed by atoms with Gasteiger partial charge < -0.3 is 5.32 Å². The van der Waals surface area contributed by atoms with E-state index >= 15 is 0 Å². The number of nitrogens with zero attached hydrogens (tertiary/aromatic N) is 1. The number of carbonyl (C=O) groups excluding carboxylic acids is 1. The molecule has 0 bridgehead atoms. The van der Waals surface area contributed by atoms with E-state index < -0.39 is 10.0 Å². The normalized spacial score (nSPS) is 11.2. The van der Waals surface area contributed by atoms with E-state index in [4.69, 9.17) is 11.6 Å². The number of nitrogens with one attached hydrogen (secondary N) is 1. The molecule has 2 rings (SSSR count). The Bertz CT molecular complexity index is 853. The van der Waals surface area contributed by atoms with Gasteiger partial charge in [-0.05, 0) is 24.6 Å². The molecule has 2 aromatic carbocycles. The van der Waals surface area contributed by atoms with Gasteiger partial charge >= 0.3 is 0 Å². The quantitative estimate of drug-likeness (QED) is 0.802. The predicted molar refractivity (Wildman–Crippen MR) is 101 cm³/mol. The van der Waals surface area contributed by atoms with Gasteiger partial charge in [0, 0.05) is 19.5 Å². The van der Waals surface area contributed by atoms with Crippen molar-refractivity contribution in [2.45, 2.75) is 19.9 Å². The van der Waals surface area contributed by atoms with Crippen LogP contribution in [0.2, 0.25) is 5.02 Å². The fourth-order valence-corrected chi connectivity index (χ4v) is 3.66. The number of aryl methyl sites for hydroxylation is 1. The second kappa shape index (κ2) is 8.36. The molecule has 5 nitrogen and oxygen atoms in total. The van der Waals surface area contributed by atoms with Crippen LogP contribution >= 0.6 is 11.6 Å². The highest BCUT2D eigenvalue weighted by Crippen LogP contribution is 2.27. The topological polar surface area (TPSA) is 66.5 Å². The van der Waals surface area contributed by atoms with E-state index in [9.17, 15) is 13.2 Å². The van der Waals surface area contributed by atoms with E-state index in [1.807, 2.05) is 31.2 Å². The zero-order valence-electron chi connectivity index (χ0n) is 14.2. The number of benzene rings is 2. The number of hydrogen-bond donors (Lipinski definition) is 1. The van der Waals surface area contributed by atoms with Crippen LogP contribution in [0.15, 0.2) is 48.5 Å². The average molecular weight is 381 g/mol. The Morgan fingerprint density at radius 2 is 1.88 bits per heavy atom. The van der Waals surface area contributed by atoms with Crippen molar-refractivity contribution in [3.05, 3.63) is 64.7 Å². The first kappa shape index (κ1) is 19.3. The molecule has 0 saturated carbocycles. The van der Waals surface area contributed by atoms with E-state index in [0.717, 1.165) is 21.7 Å². The summed E-state index contributed by atoms with van der Waals surface area (Å²) in [5.41, 5.74) is 2.49. The van der Waals surface area contributed by atoms with Crippen LogP contribution in [-0.2, 0) is 21.4 Å². The molecule has 25 heavy (non-hydrogen) atoms. The summed E-state index contributed by atoms with van der Waals surface area (Å²) in [5.74, 6) is -0.220. The number of halogens is 1. The highest BCUT2D eigenvalue weighted by molar-refractivity contribution is 7.92. The summed E-state index contributed by atoms with van der Waals surface area (Å²) < 4.78 is 25.3. The first-order valence-corrected chi connectivity index (χ1v) is 10.0. The lowest BCUT2D eigenvalue weighted by Gasteiger charge is -2.23. The molecule has 0 unspecified atom stereocenters. The highest BCUT2D eigenvalue weighted by atomic mass is 35.5. The van der Waals surface area contributed by atoms with E-state index in [1.54, 1.807) is 24.3 Å². The predicted octanol–water partition coefficient (Wildman–Crippen LogP) is 3.12. The molecule has 0 aliphatic heterocycles. The SMILES string of the molecule is Cc1cccc(CNC(=O)CCN(c2ccccc2Cl)S(C)(=O)=O)c1. The van der Waals surface area contributed by atoms with Crippen molar-refractivity contribution in [3.8, 4) is 0 Å². The molecule has 0 aliphatic rings. The van der Waals surface area contributed by atoms with Crippen LogP contribution < -0.4 is 9.62 Å². The maximum Gasteiger partial charge on any atom is 0.232 e. The molecule has 0 atom stereocenters. The van der Waals surface area contributed by atoms with Gasteiger partial charge in [0.05, 0.1) is 17.0 Å². The van der Waals surface area contributed by atoms with Crippen molar-refractivity contribution in [2.24, 2.45) is 0 Å². The van der Waals surface area contributed by atoms with Gasteiger partial charge in [0.1, 0.15) is 0 Å². The maximum atomic E-state index is 12.1. The lowest BCUT2D eigenvalue weighted by Crippen LogP contribution is -2.34. The summed E-state index contributed by atoms with van der Waals surface area (Å²) in [4.78, 5) is 12.1. The van der Waals surface area contributed by atoms with Crippen LogP contribution in [0.1, 0.15) is 17.5 Å². The van der Waals surface area contributed by atoms with Crippen molar-refractivity contribution in [1.29, 1.82) is 0 Å². The van der Waals surface area contributed by atoms with Crippen molar-refractivity contribution in [2.75, 3.05) is 17.1 Å². The van der Waals surface area contributed by atoms with Crippen LogP contribution in [0.4, 0.5) is 5.69 Å². The fourth-order valence-electron chi connectivity index (χ4n) is 2.43. The molecule has 134 valence electrons. The largest absolute Gasteiger partial charge is 0.352 e. The second-order valence-corrected chi connectivity index (χ2v) is 8.12. The van der Waals surface area contributed by atoms with Crippen molar-refractivity contribution in [3.63, 3.8) is 0 Å². The Hall–Kier alpha value is -2.05. The monoisotopic (exact) mass is 380 g/mol. The summed E-state index contributed by atoms with van der Waals surface area (Å²) in [5, 5.41) is 3.13. The summed E-state index contributed by atoms with van der Waals surface area (Å²) >= 11 is 6.09. The number of hydrogen-bond acceptors (Lipinski definition) is 3. The Balaban J connectivity index is 1.99. The summed E-state index contributed by atoms with van der Waals surface area (Å²) in [6.07, 6.45) is 1.14. The zero-order chi connectivity index (χ0) is 18.4. The van der Waals surface area contributed by atoms with Crippen LogP contribution in [0.25, 0.3) is 0 Å². The van der Waals surface area contributed by atoms with E-state index in [-0.39, 0.29) is 18.9 Å². The van der Waals surface area contributed by atoms with E-state index in [2.05, 4.69) is 5.32 Å². The third-order valence-corrected chi connectivity index (χ3v) is 5.14. The number of sulfonamides is 1. The molecule has 0 aliphatic carbocycles. The molecule has 2 aromatic rings. The Kier molecular flexibility index (Phi) is 6.45. The fraction of sp³-hybridized carbons (Fsp3) is 0.278. The summed E-state index contributed by atoms with van der Waals surface area (Å²) in [7, 11) is -3.54. The first-order chi connectivity index (χ1) is 11.8. The Labute approximate surface area is 153 Å². The van der Waals surface area contributed by atoms with Crippen LogP contribution in [0.5, 0.6) is 0 Å². The number of amides is 1. The van der Waals surface area contributed by atoms with Crippen LogP contribution in [0.3, 0.4) is 0 Å². The summed E-state index contributed by atoms with van der Waals surface area (Å²) in [6.45, 7) is 2.42. The molecule has 0 heterocycles. The van der Waals surface area contributed by atoms with Gasteiger partial charge in [-0.3, -0.25) is 9.10 Å². The third kappa shape index (κ3) is 5.76. The standard InChI is InChI=1S/C18H21ClN2O3S/c1-14-6-5-7-15(12-14)13-20-18(22)10-11-21(25(2,23)24)17-9-4-3-8-16(17)19/h3-9,12H,10-11,13H2,1-2H3,(H,20,22). The molecular formula is C18H21ClN2O3S. The molecule has 1 amide bonds. The van der Waals surface area contributed by atoms with Gasteiger partial charge in [0.2, 0.25) is 15.9 Å². The number of rotatable bonds is 7. The van der Waals surface area contributed by atoms with Crippen molar-refractivity contribution in [1.82, 2.24) is 5.32 Å². The van der Waals surface area contributed by atoms with Gasteiger partial charge in [-0.15, -0.1) is 0 Å². The molecule has 0 spiro atoms. The van der Waals surface area contributed by atoms with Crippen molar-refractivity contribution >= 4 is 33.2 Å². The first-order valence-electron chi connectivity index (χ1n) is 7.82. The second-order valence-electron chi connectivity index (χ2n) is 5.80. The van der Waals surface area contributed by atoms with Gasteiger partial charge in [0.25, 0.3) is 0 Å². The number of anilines is 1. The minimum atomic E-state index is -3.54. The zero-order valence-corrected chi connectivity index (χ0v) is 15.8. The molecule has 0 saturated heterocycles. The summed E-state index contributed by atoms with van der Waals surface area (Å²) in [6, 6.07) is 14.5. The minimum absolute atomic E-state index is 0.0300. The van der Waals surface area contributed by atoms with E-state index in [0.29, 0.717) is 17.3 Å². The number of para-hydroxylation sites is 1. The third-order valence-electron chi connectivity index (χ3n) is 3.64. The van der Waals surface area contributed by atoms with Crippen LogP contribution in [0, 0.1) is 6.92 Å². The Morgan fingerprint density at radius 3 is 2.52 bits per heavy atom. The van der Waals surface area contributed by atoms with E-state index in [1.165, 1.54) is 0 Å². The molecular weight excluding hydrogens is 360 g/mol. The van der Waals surface area contributed by atoms with Gasteiger partial charge in [-0.25, -0.2) is 8.42 Å². The van der Waals surface area contributed by atoms with Gasteiger partial charge in [-0.1, -0.05) is 53.6 Å². The average Bonchev–Trinajstić information content (AvgIpc) is 2.53. The van der Waals surface area contributed by atoms with Crippen molar-refractivity contribution < 1.29 is 13.2 Å². The highest BCUT2D eigenvalue weighted by Gasteiger charge is 2.20.